The fraction of sp³-hybridized carbons (Fsp3) is 0. The Hall–Kier alpha value is -4.22. The summed E-state index contributed by atoms with van der Waals surface area (Å²) in [5.74, 6) is 0. The Bertz CT molecular complexity index is 1460. The van der Waals surface area contributed by atoms with Crippen molar-refractivity contribution in [3.63, 3.8) is 0 Å². The van der Waals surface area contributed by atoms with Gasteiger partial charge in [-0.3, -0.25) is 20.3 Å². The third-order valence-corrected chi connectivity index (χ3v) is 6.26. The first kappa shape index (κ1) is 23.0. The lowest BCUT2D eigenvalue weighted by atomic mass is 10.2. The van der Waals surface area contributed by atoms with Crippen LogP contribution in [0.4, 0.5) is 17.1 Å². The summed E-state index contributed by atoms with van der Waals surface area (Å²) in [5, 5.41) is 15.9. The van der Waals surface area contributed by atoms with Crippen LogP contribution >= 0.6 is 11.6 Å². The standard InChI is InChI=1S/C22H17ClN6O4S/c23-17-2-1-3-18(12-17)27-34(32,33)20-8-9-21(22(13-20)29(30)31)26-25-14-16-4-6-19(7-5-16)28-11-10-24-15-28/h1-15,26-27H/b25-14+. The number of nitrogens with one attached hydrogen (secondary N) is 2. The number of hydrogen-bond donors (Lipinski definition) is 2. The molecule has 1 aromatic heterocycles. The molecule has 0 aliphatic carbocycles. The lowest BCUT2D eigenvalue weighted by Gasteiger charge is -2.09. The second kappa shape index (κ2) is 9.73. The summed E-state index contributed by atoms with van der Waals surface area (Å²) in [6.45, 7) is 0. The molecule has 4 rings (SSSR count). The molecular weight excluding hydrogens is 480 g/mol. The fourth-order valence-electron chi connectivity index (χ4n) is 3.01. The van der Waals surface area contributed by atoms with E-state index in [9.17, 15) is 18.5 Å². The monoisotopic (exact) mass is 496 g/mol. The first-order valence-electron chi connectivity index (χ1n) is 9.76. The summed E-state index contributed by atoms with van der Waals surface area (Å²) in [6, 6.07) is 17.0. The quantitative estimate of drug-likeness (QED) is 0.207. The highest BCUT2D eigenvalue weighted by Gasteiger charge is 2.21. The van der Waals surface area contributed by atoms with Crippen molar-refractivity contribution >= 4 is 44.9 Å². The van der Waals surface area contributed by atoms with Gasteiger partial charge in [-0.25, -0.2) is 13.4 Å². The molecule has 0 fully saturated rings. The zero-order valence-electron chi connectivity index (χ0n) is 17.4. The summed E-state index contributed by atoms with van der Waals surface area (Å²) in [5.41, 5.74) is 4.11. The molecule has 10 nitrogen and oxygen atoms in total. The van der Waals surface area contributed by atoms with Gasteiger partial charge in [-0.05, 0) is 48.0 Å². The summed E-state index contributed by atoms with van der Waals surface area (Å²) >= 11 is 5.88. The largest absolute Gasteiger partial charge is 0.306 e. The number of benzene rings is 3. The third-order valence-electron chi connectivity index (χ3n) is 4.65. The van der Waals surface area contributed by atoms with E-state index in [1.54, 1.807) is 24.7 Å². The molecule has 172 valence electrons. The van der Waals surface area contributed by atoms with E-state index < -0.39 is 20.6 Å². The summed E-state index contributed by atoms with van der Waals surface area (Å²) in [6.07, 6.45) is 6.67. The topological polar surface area (TPSA) is 132 Å². The molecule has 0 radical (unpaired) electrons. The Balaban J connectivity index is 1.51. The van der Waals surface area contributed by atoms with Crippen molar-refractivity contribution in [1.29, 1.82) is 0 Å². The van der Waals surface area contributed by atoms with Crippen LogP contribution < -0.4 is 10.1 Å². The first-order chi connectivity index (χ1) is 16.3. The minimum absolute atomic E-state index is 0.0398. The van der Waals surface area contributed by atoms with Gasteiger partial charge in [0.25, 0.3) is 15.7 Å². The van der Waals surface area contributed by atoms with E-state index in [4.69, 9.17) is 11.6 Å². The van der Waals surface area contributed by atoms with Crippen molar-refractivity contribution in [2.45, 2.75) is 4.90 Å². The summed E-state index contributed by atoms with van der Waals surface area (Å²) < 4.78 is 29.6. The second-order valence-electron chi connectivity index (χ2n) is 6.98. The van der Waals surface area contributed by atoms with Crippen LogP contribution in [0.15, 0.2) is 95.4 Å². The van der Waals surface area contributed by atoms with E-state index in [0.717, 1.165) is 17.3 Å². The minimum Gasteiger partial charge on any atom is -0.306 e. The average molecular weight is 497 g/mol. The molecule has 0 bridgehead atoms. The van der Waals surface area contributed by atoms with Crippen LogP contribution in [-0.4, -0.2) is 29.1 Å². The number of nitro benzene ring substituents is 1. The van der Waals surface area contributed by atoms with Gasteiger partial charge in [-0.2, -0.15) is 5.10 Å². The van der Waals surface area contributed by atoms with Gasteiger partial charge in [0.15, 0.2) is 0 Å². The van der Waals surface area contributed by atoms with E-state index in [1.165, 1.54) is 30.5 Å². The van der Waals surface area contributed by atoms with Gasteiger partial charge < -0.3 is 4.57 Å². The Labute approximate surface area is 199 Å². The molecule has 0 aliphatic rings. The van der Waals surface area contributed by atoms with Crippen LogP contribution in [0.2, 0.25) is 5.02 Å². The van der Waals surface area contributed by atoms with Gasteiger partial charge >= 0.3 is 0 Å². The molecule has 12 heteroatoms. The zero-order chi connectivity index (χ0) is 24.1. The third kappa shape index (κ3) is 5.39. The highest BCUT2D eigenvalue weighted by Crippen LogP contribution is 2.29. The predicted molar refractivity (Wildman–Crippen MR) is 130 cm³/mol. The number of halogens is 1. The van der Waals surface area contributed by atoms with Gasteiger partial charge in [0.05, 0.1) is 28.0 Å². The Kier molecular flexibility index (Phi) is 6.57. The zero-order valence-corrected chi connectivity index (χ0v) is 18.9. The molecule has 34 heavy (non-hydrogen) atoms. The van der Waals surface area contributed by atoms with Crippen LogP contribution in [0, 0.1) is 10.1 Å². The van der Waals surface area contributed by atoms with Crippen molar-refractivity contribution in [3.05, 3.63) is 106 Å². The molecule has 0 aliphatic heterocycles. The van der Waals surface area contributed by atoms with Crippen LogP contribution in [0.5, 0.6) is 0 Å². The van der Waals surface area contributed by atoms with Crippen LogP contribution in [0.1, 0.15) is 5.56 Å². The number of anilines is 2. The molecule has 0 amide bonds. The number of nitrogens with zero attached hydrogens (tertiary/aromatic N) is 4. The highest BCUT2D eigenvalue weighted by molar-refractivity contribution is 7.92. The number of sulfonamides is 1. The van der Waals surface area contributed by atoms with Crippen molar-refractivity contribution in [3.8, 4) is 5.69 Å². The summed E-state index contributed by atoms with van der Waals surface area (Å²) in [7, 11) is -4.07. The average Bonchev–Trinajstić information content (AvgIpc) is 3.34. The molecule has 0 atom stereocenters. The van der Waals surface area contributed by atoms with Crippen LogP contribution in [0.25, 0.3) is 5.69 Å². The number of aromatic nitrogens is 2. The van der Waals surface area contributed by atoms with Crippen molar-refractivity contribution < 1.29 is 13.3 Å². The maximum Gasteiger partial charge on any atom is 0.295 e. The van der Waals surface area contributed by atoms with E-state index >= 15 is 0 Å². The minimum atomic E-state index is -4.07. The number of hydrogen-bond acceptors (Lipinski definition) is 7. The first-order valence-corrected chi connectivity index (χ1v) is 11.6. The Morgan fingerprint density at radius 3 is 2.56 bits per heavy atom. The molecule has 0 saturated carbocycles. The smallest absolute Gasteiger partial charge is 0.295 e. The summed E-state index contributed by atoms with van der Waals surface area (Å²) in [4.78, 5) is 14.6. The van der Waals surface area contributed by atoms with Gasteiger partial charge in [-0.15, -0.1) is 0 Å². The Morgan fingerprint density at radius 2 is 1.88 bits per heavy atom. The highest BCUT2D eigenvalue weighted by atomic mass is 35.5. The maximum atomic E-state index is 12.7. The molecule has 0 saturated heterocycles. The van der Waals surface area contributed by atoms with E-state index in [1.807, 2.05) is 35.0 Å². The molecule has 0 spiro atoms. The molecule has 4 aromatic rings. The maximum absolute atomic E-state index is 12.7. The van der Waals surface area contributed by atoms with Crippen LogP contribution in [-0.2, 0) is 10.0 Å². The number of imidazole rings is 1. The lowest BCUT2D eigenvalue weighted by molar-refractivity contribution is -0.384. The SMILES string of the molecule is O=[N+]([O-])c1cc(S(=O)(=O)Nc2cccc(Cl)c2)ccc1N/N=C/c1ccc(-n2ccnc2)cc1. The number of nitro groups is 1. The second-order valence-corrected chi connectivity index (χ2v) is 9.10. The van der Waals surface area contributed by atoms with E-state index in [2.05, 4.69) is 20.2 Å². The van der Waals surface area contributed by atoms with Gasteiger partial charge in [0.2, 0.25) is 0 Å². The van der Waals surface area contributed by atoms with Crippen molar-refractivity contribution in [2.75, 3.05) is 10.1 Å². The molecule has 0 unspecified atom stereocenters. The number of hydrazone groups is 1. The van der Waals surface area contributed by atoms with Crippen LogP contribution in [0.3, 0.4) is 0 Å². The normalized spacial score (nSPS) is 11.4. The molecular formula is C22H17ClN6O4S. The fourth-order valence-corrected chi connectivity index (χ4v) is 4.27. The van der Waals surface area contributed by atoms with Gasteiger partial charge in [0.1, 0.15) is 5.69 Å². The van der Waals surface area contributed by atoms with Gasteiger partial charge in [0, 0.05) is 29.2 Å². The van der Waals surface area contributed by atoms with Gasteiger partial charge in [-0.1, -0.05) is 29.8 Å². The lowest BCUT2D eigenvalue weighted by Crippen LogP contribution is -2.13. The molecule has 2 N–H and O–H groups in total. The molecule has 1 heterocycles. The molecule has 3 aromatic carbocycles. The Morgan fingerprint density at radius 1 is 1.09 bits per heavy atom. The van der Waals surface area contributed by atoms with Crippen molar-refractivity contribution in [2.24, 2.45) is 5.10 Å². The number of rotatable bonds is 8. The predicted octanol–water partition coefficient (Wildman–Crippen LogP) is 4.68. The van der Waals surface area contributed by atoms with E-state index in [0.29, 0.717) is 5.02 Å². The van der Waals surface area contributed by atoms with Crippen molar-refractivity contribution in [1.82, 2.24) is 9.55 Å². The van der Waals surface area contributed by atoms with E-state index in [-0.39, 0.29) is 16.3 Å².